The summed E-state index contributed by atoms with van der Waals surface area (Å²) < 4.78 is 0. The van der Waals surface area contributed by atoms with Gasteiger partial charge in [0.15, 0.2) is 0 Å². The standard InChI is InChI=1S/C14H17N2/c1-11-3-12(2)6-13(4-11,9-15)8-14(5-11,7-12)10-16/h1,3-8H2,2H3. The molecule has 4 aliphatic rings. The Morgan fingerprint density at radius 2 is 1.38 bits per heavy atom. The van der Waals surface area contributed by atoms with E-state index in [1.807, 2.05) is 0 Å². The van der Waals surface area contributed by atoms with E-state index in [9.17, 15) is 10.5 Å². The lowest BCUT2D eigenvalue weighted by Crippen LogP contribution is -2.58. The second-order valence-corrected chi connectivity index (χ2v) is 7.16. The van der Waals surface area contributed by atoms with Crippen molar-refractivity contribution in [1.82, 2.24) is 0 Å². The molecule has 0 N–H and O–H groups in total. The van der Waals surface area contributed by atoms with Crippen LogP contribution in [0.15, 0.2) is 0 Å². The van der Waals surface area contributed by atoms with E-state index in [1.165, 1.54) is 0 Å². The lowest BCUT2D eigenvalue weighted by atomic mass is 9.36. The van der Waals surface area contributed by atoms with Gasteiger partial charge < -0.3 is 0 Å². The smallest absolute Gasteiger partial charge is 0.0690 e. The fourth-order valence-electron chi connectivity index (χ4n) is 5.61. The fourth-order valence-corrected chi connectivity index (χ4v) is 5.61. The summed E-state index contributed by atoms with van der Waals surface area (Å²) in [7, 11) is 0. The summed E-state index contributed by atoms with van der Waals surface area (Å²) in [6.07, 6.45) is 5.69. The first-order valence-corrected chi connectivity index (χ1v) is 6.04. The third kappa shape index (κ3) is 1.11. The summed E-state index contributed by atoms with van der Waals surface area (Å²) in [6, 6.07) is 5.06. The predicted molar refractivity (Wildman–Crippen MR) is 59.7 cm³/mol. The van der Waals surface area contributed by atoms with Gasteiger partial charge in [-0.05, 0) is 56.3 Å². The van der Waals surface area contributed by atoms with E-state index >= 15 is 0 Å². The molecule has 16 heavy (non-hydrogen) atoms. The minimum atomic E-state index is -0.249. The van der Waals surface area contributed by atoms with Crippen molar-refractivity contribution in [3.63, 3.8) is 0 Å². The van der Waals surface area contributed by atoms with E-state index < -0.39 is 0 Å². The minimum Gasteiger partial charge on any atom is -0.198 e. The molecule has 4 bridgehead atoms. The normalized spacial score (nSPS) is 58.0. The summed E-state index contributed by atoms with van der Waals surface area (Å²) in [5, 5.41) is 19.0. The van der Waals surface area contributed by atoms with Gasteiger partial charge in [-0.2, -0.15) is 10.5 Å². The van der Waals surface area contributed by atoms with Gasteiger partial charge in [0.25, 0.3) is 0 Å². The van der Waals surface area contributed by atoms with Crippen LogP contribution in [0.1, 0.15) is 45.4 Å². The zero-order valence-electron chi connectivity index (χ0n) is 9.84. The molecular weight excluding hydrogens is 196 g/mol. The number of nitrogens with zero attached hydrogens (tertiary/aromatic N) is 2. The van der Waals surface area contributed by atoms with Crippen LogP contribution in [0.4, 0.5) is 0 Å². The van der Waals surface area contributed by atoms with Crippen LogP contribution < -0.4 is 0 Å². The van der Waals surface area contributed by atoms with Crippen LogP contribution in [0.5, 0.6) is 0 Å². The Hall–Kier alpha value is -1.02. The summed E-state index contributed by atoms with van der Waals surface area (Å²) in [5.41, 5.74) is -0.321. The third-order valence-corrected chi connectivity index (χ3v) is 4.91. The highest BCUT2D eigenvalue weighted by Crippen LogP contribution is 2.73. The maximum absolute atomic E-state index is 9.48. The van der Waals surface area contributed by atoms with Crippen molar-refractivity contribution in [3.05, 3.63) is 6.92 Å². The first kappa shape index (κ1) is 10.2. The lowest BCUT2D eigenvalue weighted by Gasteiger charge is -2.65. The zero-order valence-corrected chi connectivity index (χ0v) is 9.84. The Bertz CT molecular complexity index is 383. The monoisotopic (exact) mass is 213 g/mol. The van der Waals surface area contributed by atoms with Crippen LogP contribution in [0, 0.1) is 51.2 Å². The molecule has 0 aromatic heterocycles. The largest absolute Gasteiger partial charge is 0.198 e. The third-order valence-electron chi connectivity index (χ3n) is 4.91. The molecule has 1 radical (unpaired) electrons. The van der Waals surface area contributed by atoms with E-state index in [2.05, 4.69) is 26.0 Å². The molecule has 2 nitrogen and oxygen atoms in total. The van der Waals surface area contributed by atoms with Crippen molar-refractivity contribution in [2.45, 2.75) is 45.4 Å². The fraction of sp³-hybridized carbons (Fsp3) is 0.786. The Morgan fingerprint density at radius 1 is 0.875 bits per heavy atom. The van der Waals surface area contributed by atoms with Crippen molar-refractivity contribution in [2.75, 3.05) is 0 Å². The van der Waals surface area contributed by atoms with Gasteiger partial charge in [0.05, 0.1) is 23.0 Å². The van der Waals surface area contributed by atoms with Crippen molar-refractivity contribution in [1.29, 1.82) is 10.5 Å². The molecule has 2 unspecified atom stereocenters. The molecule has 0 aliphatic heterocycles. The highest BCUT2D eigenvalue weighted by Gasteiger charge is 2.66. The molecule has 0 heterocycles. The number of hydrogen-bond donors (Lipinski definition) is 0. The molecule has 4 rings (SSSR count). The molecule has 4 fully saturated rings. The maximum Gasteiger partial charge on any atom is 0.0690 e. The quantitative estimate of drug-likeness (QED) is 0.620. The van der Waals surface area contributed by atoms with E-state index in [-0.39, 0.29) is 21.7 Å². The van der Waals surface area contributed by atoms with Gasteiger partial charge in [0.2, 0.25) is 0 Å². The zero-order chi connectivity index (χ0) is 11.7. The second-order valence-electron chi connectivity index (χ2n) is 7.16. The predicted octanol–water partition coefficient (Wildman–Crippen LogP) is 3.21. The minimum absolute atomic E-state index is 0.00500. The van der Waals surface area contributed by atoms with Crippen LogP contribution in [-0.2, 0) is 0 Å². The molecular formula is C14H17N2. The SMILES string of the molecule is [CH2]C12CC3(C)CC(C#N)(C1)CC(C#N)(C2)C3. The van der Waals surface area contributed by atoms with Gasteiger partial charge in [-0.25, -0.2) is 0 Å². The Balaban J connectivity index is 2.14. The molecule has 83 valence electrons. The van der Waals surface area contributed by atoms with Gasteiger partial charge in [0.1, 0.15) is 0 Å². The lowest BCUT2D eigenvalue weighted by molar-refractivity contribution is -0.137. The molecule has 4 aliphatic carbocycles. The molecule has 0 saturated heterocycles. The van der Waals surface area contributed by atoms with E-state index in [0.29, 0.717) is 0 Å². The van der Waals surface area contributed by atoms with Crippen LogP contribution in [-0.4, -0.2) is 0 Å². The van der Waals surface area contributed by atoms with Gasteiger partial charge in [-0.1, -0.05) is 6.92 Å². The second kappa shape index (κ2) is 2.45. The van der Waals surface area contributed by atoms with Gasteiger partial charge >= 0.3 is 0 Å². The summed E-state index contributed by atoms with van der Waals surface area (Å²) in [4.78, 5) is 0. The van der Waals surface area contributed by atoms with Crippen LogP contribution in [0.3, 0.4) is 0 Å². The van der Waals surface area contributed by atoms with Crippen LogP contribution in [0.2, 0.25) is 0 Å². The average molecular weight is 213 g/mol. The molecule has 2 heteroatoms. The highest BCUT2D eigenvalue weighted by molar-refractivity contribution is 5.26. The molecule has 0 aromatic rings. The van der Waals surface area contributed by atoms with Crippen molar-refractivity contribution in [3.8, 4) is 12.1 Å². The molecule has 0 spiro atoms. The Labute approximate surface area is 97.3 Å². The van der Waals surface area contributed by atoms with Crippen molar-refractivity contribution in [2.24, 2.45) is 21.7 Å². The number of rotatable bonds is 0. The maximum atomic E-state index is 9.48. The van der Waals surface area contributed by atoms with Crippen molar-refractivity contribution < 1.29 is 0 Å². The Kier molecular flexibility index (Phi) is 1.56. The molecule has 0 amide bonds. The van der Waals surface area contributed by atoms with E-state index in [1.54, 1.807) is 0 Å². The summed E-state index contributed by atoms with van der Waals surface area (Å²) >= 11 is 0. The van der Waals surface area contributed by atoms with Crippen LogP contribution in [0.25, 0.3) is 0 Å². The van der Waals surface area contributed by atoms with Gasteiger partial charge in [-0.15, -0.1) is 0 Å². The first-order chi connectivity index (χ1) is 7.36. The molecule has 4 saturated carbocycles. The highest BCUT2D eigenvalue weighted by atomic mass is 14.7. The average Bonchev–Trinajstić information content (AvgIpc) is 2.12. The number of nitriles is 2. The molecule has 0 aromatic carbocycles. The topological polar surface area (TPSA) is 47.6 Å². The van der Waals surface area contributed by atoms with E-state index in [0.717, 1.165) is 38.5 Å². The Morgan fingerprint density at radius 3 is 1.75 bits per heavy atom. The van der Waals surface area contributed by atoms with Crippen LogP contribution >= 0.6 is 0 Å². The van der Waals surface area contributed by atoms with Gasteiger partial charge in [-0.3, -0.25) is 0 Å². The molecule has 2 atom stereocenters. The summed E-state index contributed by atoms with van der Waals surface area (Å²) in [5.74, 6) is 0. The van der Waals surface area contributed by atoms with E-state index in [4.69, 9.17) is 0 Å². The number of hydrogen-bond acceptors (Lipinski definition) is 2. The summed E-state index contributed by atoms with van der Waals surface area (Å²) in [6.45, 7) is 6.61. The van der Waals surface area contributed by atoms with Crippen molar-refractivity contribution >= 4 is 0 Å². The van der Waals surface area contributed by atoms with Gasteiger partial charge in [0, 0.05) is 0 Å². The first-order valence-electron chi connectivity index (χ1n) is 6.04.